The normalized spacial score (nSPS) is 10.8. The maximum Gasteiger partial charge on any atom is 0.257 e. The fourth-order valence-corrected chi connectivity index (χ4v) is 3.73. The van der Waals surface area contributed by atoms with Crippen molar-refractivity contribution in [3.05, 3.63) is 87.1 Å². The van der Waals surface area contributed by atoms with Gasteiger partial charge in [-0.2, -0.15) is 0 Å². The van der Waals surface area contributed by atoms with E-state index in [0.29, 0.717) is 28.5 Å². The molecule has 2 aromatic carbocycles. The summed E-state index contributed by atoms with van der Waals surface area (Å²) in [5.74, 6) is -0.524. The van der Waals surface area contributed by atoms with Crippen LogP contribution in [-0.2, 0) is 18.3 Å². The molecular weight excluding hydrogens is 389 g/mol. The lowest BCUT2D eigenvalue weighted by atomic mass is 10.0. The molecule has 1 N–H and O–H groups in total. The second-order valence-corrected chi connectivity index (χ2v) is 7.71. The average Bonchev–Trinajstić information content (AvgIpc) is 2.70. The summed E-state index contributed by atoms with van der Waals surface area (Å²) in [5, 5.41) is 3.18. The van der Waals surface area contributed by atoms with Crippen molar-refractivity contribution in [2.45, 2.75) is 25.4 Å². The molecule has 0 unspecified atom stereocenters. The third-order valence-electron chi connectivity index (χ3n) is 4.64. The zero-order chi connectivity index (χ0) is 21.0. The third kappa shape index (κ3) is 5.12. The molecule has 3 rings (SSSR count). The van der Waals surface area contributed by atoms with Gasteiger partial charge in [0.2, 0.25) is 5.91 Å². The molecule has 0 fully saturated rings. The van der Waals surface area contributed by atoms with Gasteiger partial charge in [0.05, 0.1) is 5.75 Å². The van der Waals surface area contributed by atoms with E-state index in [-0.39, 0.29) is 23.0 Å². The van der Waals surface area contributed by atoms with Crippen LogP contribution in [0.25, 0.3) is 0 Å². The Balaban J connectivity index is 1.72. The Hall–Kier alpha value is -2.93. The smallest absolute Gasteiger partial charge is 0.257 e. The molecule has 1 heterocycles. The summed E-state index contributed by atoms with van der Waals surface area (Å²) in [6, 6.07) is 13.5. The highest BCUT2D eigenvalue weighted by atomic mass is 32.2. The number of carbonyl (C=O) groups is 1. The Kier molecular flexibility index (Phi) is 6.49. The van der Waals surface area contributed by atoms with E-state index in [9.17, 15) is 14.0 Å². The van der Waals surface area contributed by atoms with Gasteiger partial charge in [-0.15, -0.1) is 0 Å². The van der Waals surface area contributed by atoms with Crippen LogP contribution in [0.15, 0.2) is 58.5 Å². The van der Waals surface area contributed by atoms with Gasteiger partial charge in [0.1, 0.15) is 5.82 Å². The molecule has 1 aromatic heterocycles. The van der Waals surface area contributed by atoms with Crippen molar-refractivity contribution in [2.24, 2.45) is 7.05 Å². The molecule has 5 nitrogen and oxygen atoms in total. The first-order valence-corrected chi connectivity index (χ1v) is 10.1. The second-order valence-electron chi connectivity index (χ2n) is 6.77. The molecule has 0 aliphatic carbocycles. The molecule has 0 bridgehead atoms. The highest BCUT2D eigenvalue weighted by Gasteiger charge is 2.15. The van der Waals surface area contributed by atoms with Crippen molar-refractivity contribution in [1.29, 1.82) is 0 Å². The number of halogens is 1. The van der Waals surface area contributed by atoms with Gasteiger partial charge in [-0.1, -0.05) is 36.0 Å². The molecule has 0 atom stereocenters. The first-order valence-electron chi connectivity index (χ1n) is 9.14. The Labute approximate surface area is 173 Å². The molecule has 0 saturated heterocycles. The number of amides is 1. The lowest BCUT2D eigenvalue weighted by Crippen LogP contribution is -2.26. The monoisotopic (exact) mass is 411 g/mol. The standard InChI is InChI=1S/C22H22FN3O2S/c1-14-6-4-5-7-16(14)12-19-15(2)24-22(26(3)21(19)28)29-13-20(27)25-18-10-8-17(23)9-11-18/h4-11H,12-13H2,1-3H3,(H,25,27). The minimum Gasteiger partial charge on any atom is -0.325 e. The maximum absolute atomic E-state index is 12.9. The van der Waals surface area contributed by atoms with E-state index >= 15 is 0 Å². The minimum absolute atomic E-state index is 0.0915. The van der Waals surface area contributed by atoms with Crippen LogP contribution in [-0.4, -0.2) is 21.2 Å². The predicted octanol–water partition coefficient (Wildman–Crippen LogP) is 3.86. The third-order valence-corrected chi connectivity index (χ3v) is 5.67. The van der Waals surface area contributed by atoms with Crippen LogP contribution in [0.2, 0.25) is 0 Å². The van der Waals surface area contributed by atoms with E-state index in [1.807, 2.05) is 38.1 Å². The van der Waals surface area contributed by atoms with Crippen LogP contribution in [0, 0.1) is 19.7 Å². The average molecular weight is 412 g/mol. The van der Waals surface area contributed by atoms with Crippen molar-refractivity contribution < 1.29 is 9.18 Å². The molecule has 0 aliphatic heterocycles. The Morgan fingerprint density at radius 1 is 1.14 bits per heavy atom. The summed E-state index contributed by atoms with van der Waals surface area (Å²) < 4.78 is 14.4. The number of carbonyl (C=O) groups excluding carboxylic acids is 1. The van der Waals surface area contributed by atoms with Crippen LogP contribution < -0.4 is 10.9 Å². The molecular formula is C22H22FN3O2S. The number of hydrogen-bond acceptors (Lipinski definition) is 4. The number of nitrogens with one attached hydrogen (secondary N) is 1. The van der Waals surface area contributed by atoms with Crippen molar-refractivity contribution >= 4 is 23.4 Å². The number of nitrogens with zero attached hydrogens (tertiary/aromatic N) is 2. The number of aryl methyl sites for hydroxylation is 2. The summed E-state index contributed by atoms with van der Waals surface area (Å²) >= 11 is 1.19. The first-order chi connectivity index (χ1) is 13.8. The van der Waals surface area contributed by atoms with Gasteiger partial charge in [-0.05, 0) is 49.2 Å². The van der Waals surface area contributed by atoms with Crippen molar-refractivity contribution in [3.63, 3.8) is 0 Å². The van der Waals surface area contributed by atoms with Gasteiger partial charge >= 0.3 is 0 Å². The van der Waals surface area contributed by atoms with Gasteiger partial charge in [-0.25, -0.2) is 9.37 Å². The van der Waals surface area contributed by atoms with Crippen LogP contribution in [0.5, 0.6) is 0 Å². The molecule has 150 valence electrons. The van der Waals surface area contributed by atoms with Crippen molar-refractivity contribution in [3.8, 4) is 0 Å². The fraction of sp³-hybridized carbons (Fsp3) is 0.227. The molecule has 29 heavy (non-hydrogen) atoms. The zero-order valence-corrected chi connectivity index (χ0v) is 17.3. The second kappa shape index (κ2) is 9.05. The largest absolute Gasteiger partial charge is 0.325 e. The molecule has 0 saturated carbocycles. The van der Waals surface area contributed by atoms with Crippen molar-refractivity contribution in [1.82, 2.24) is 9.55 Å². The number of anilines is 1. The Morgan fingerprint density at radius 2 is 1.83 bits per heavy atom. The van der Waals surface area contributed by atoms with Crippen LogP contribution in [0.3, 0.4) is 0 Å². The van der Waals surface area contributed by atoms with Crippen LogP contribution in [0.1, 0.15) is 22.4 Å². The quantitative estimate of drug-likeness (QED) is 0.494. The van der Waals surface area contributed by atoms with E-state index in [4.69, 9.17) is 0 Å². The number of benzene rings is 2. The number of hydrogen-bond donors (Lipinski definition) is 1. The molecule has 3 aromatic rings. The lowest BCUT2D eigenvalue weighted by Gasteiger charge is -2.13. The first kappa shape index (κ1) is 20.8. The van der Waals surface area contributed by atoms with Crippen LogP contribution in [0.4, 0.5) is 10.1 Å². The van der Waals surface area contributed by atoms with Gasteiger partial charge in [0.25, 0.3) is 5.56 Å². The van der Waals surface area contributed by atoms with Gasteiger partial charge in [0, 0.05) is 30.4 Å². The summed E-state index contributed by atoms with van der Waals surface area (Å²) in [6.45, 7) is 3.84. The van der Waals surface area contributed by atoms with Crippen LogP contribution >= 0.6 is 11.8 Å². The SMILES string of the molecule is Cc1ccccc1Cc1c(C)nc(SCC(=O)Nc2ccc(F)cc2)n(C)c1=O. The number of rotatable bonds is 6. The van der Waals surface area contributed by atoms with E-state index in [2.05, 4.69) is 10.3 Å². The van der Waals surface area contributed by atoms with Gasteiger partial charge in [-0.3, -0.25) is 14.2 Å². The predicted molar refractivity (Wildman–Crippen MR) is 114 cm³/mol. The minimum atomic E-state index is -0.363. The Morgan fingerprint density at radius 3 is 2.52 bits per heavy atom. The highest BCUT2D eigenvalue weighted by molar-refractivity contribution is 7.99. The molecule has 0 radical (unpaired) electrons. The van der Waals surface area contributed by atoms with Gasteiger partial charge < -0.3 is 5.32 Å². The molecule has 0 aliphatic rings. The summed E-state index contributed by atoms with van der Waals surface area (Å²) in [4.78, 5) is 29.6. The van der Waals surface area contributed by atoms with Crippen molar-refractivity contribution in [2.75, 3.05) is 11.1 Å². The summed E-state index contributed by atoms with van der Waals surface area (Å²) in [6.07, 6.45) is 0.522. The number of aromatic nitrogens is 2. The molecule has 1 amide bonds. The van der Waals surface area contributed by atoms with Gasteiger partial charge in [0.15, 0.2) is 5.16 Å². The topological polar surface area (TPSA) is 64.0 Å². The maximum atomic E-state index is 12.9. The zero-order valence-electron chi connectivity index (χ0n) is 16.5. The van der Waals surface area contributed by atoms with E-state index in [0.717, 1.165) is 11.1 Å². The number of thioether (sulfide) groups is 1. The van der Waals surface area contributed by atoms with E-state index < -0.39 is 0 Å². The molecule has 7 heteroatoms. The van der Waals surface area contributed by atoms with E-state index in [1.54, 1.807) is 7.05 Å². The van der Waals surface area contributed by atoms with E-state index in [1.165, 1.54) is 40.6 Å². The molecule has 0 spiro atoms. The fourth-order valence-electron chi connectivity index (χ4n) is 2.92. The Bertz CT molecular complexity index is 1090. The summed E-state index contributed by atoms with van der Waals surface area (Å²) in [5.41, 5.74) is 3.95. The summed E-state index contributed by atoms with van der Waals surface area (Å²) in [7, 11) is 1.66. The highest BCUT2D eigenvalue weighted by Crippen LogP contribution is 2.18. The lowest BCUT2D eigenvalue weighted by molar-refractivity contribution is -0.113.